The number of aliphatic hydroxyl groups excluding tert-OH is 1. The van der Waals surface area contributed by atoms with E-state index in [0.29, 0.717) is 11.1 Å². The predicted octanol–water partition coefficient (Wildman–Crippen LogP) is 3.82. The van der Waals surface area contributed by atoms with Gasteiger partial charge in [-0.2, -0.15) is 5.10 Å². The second-order valence-corrected chi connectivity index (χ2v) is 6.70. The topological polar surface area (TPSA) is 77.2 Å². The Morgan fingerprint density at radius 2 is 2.00 bits per heavy atom. The van der Waals surface area contributed by atoms with Gasteiger partial charge in [0.25, 0.3) is 0 Å². The van der Waals surface area contributed by atoms with Crippen molar-refractivity contribution in [2.24, 2.45) is 0 Å². The summed E-state index contributed by atoms with van der Waals surface area (Å²) in [4.78, 5) is 2.31. The van der Waals surface area contributed by atoms with Crippen molar-refractivity contribution in [1.29, 1.82) is 5.41 Å². The van der Waals surface area contributed by atoms with Gasteiger partial charge in [0.1, 0.15) is 0 Å². The second kappa shape index (κ2) is 7.89. The van der Waals surface area contributed by atoms with Gasteiger partial charge in [0.05, 0.1) is 28.6 Å². The molecule has 0 bridgehead atoms. The highest BCUT2D eigenvalue weighted by Gasteiger charge is 2.24. The minimum atomic E-state index is 0.568. The van der Waals surface area contributed by atoms with Crippen LogP contribution in [-0.4, -0.2) is 41.3 Å². The van der Waals surface area contributed by atoms with Gasteiger partial charge in [-0.05, 0) is 37.8 Å². The molecule has 2 fully saturated rings. The Kier molecular flexibility index (Phi) is 5.60. The lowest BCUT2D eigenvalue weighted by molar-refractivity contribution is 0.399. The van der Waals surface area contributed by atoms with Crippen molar-refractivity contribution in [3.8, 4) is 0 Å². The summed E-state index contributed by atoms with van der Waals surface area (Å²) in [6, 6.07) is 4.50. The Bertz CT molecular complexity index is 735. The number of halogens is 1. The van der Waals surface area contributed by atoms with Gasteiger partial charge in [-0.3, -0.25) is 4.68 Å². The van der Waals surface area contributed by atoms with Gasteiger partial charge in [0, 0.05) is 43.9 Å². The molecule has 134 valence electrons. The molecule has 1 aromatic carbocycles. The third kappa shape index (κ3) is 3.96. The van der Waals surface area contributed by atoms with E-state index >= 15 is 0 Å². The van der Waals surface area contributed by atoms with Gasteiger partial charge in [-0.15, -0.1) is 0 Å². The number of nitrogens with one attached hydrogen (secondary N) is 2. The fraction of sp³-hybridized carbons (Fsp3) is 0.444. The first-order valence-corrected chi connectivity index (χ1v) is 8.97. The number of rotatable bonds is 5. The molecule has 0 unspecified atom stereocenters. The maximum Gasteiger partial charge on any atom is 0.0770 e. The monoisotopic (exact) mass is 361 g/mol. The zero-order valence-electron chi connectivity index (χ0n) is 14.4. The molecule has 0 spiro atoms. The molecular weight excluding hydrogens is 338 g/mol. The fourth-order valence-electron chi connectivity index (χ4n) is 3.10. The Hall–Kier alpha value is -2.05. The van der Waals surface area contributed by atoms with Gasteiger partial charge in [0.15, 0.2) is 0 Å². The van der Waals surface area contributed by atoms with E-state index in [1.807, 2.05) is 23.1 Å². The van der Waals surface area contributed by atoms with Crippen molar-refractivity contribution < 1.29 is 5.11 Å². The molecule has 1 saturated heterocycles. The molecule has 1 saturated carbocycles. The van der Waals surface area contributed by atoms with Crippen LogP contribution >= 0.6 is 11.6 Å². The van der Waals surface area contributed by atoms with Crippen LogP contribution in [0.5, 0.6) is 0 Å². The highest BCUT2D eigenvalue weighted by Crippen LogP contribution is 2.37. The minimum Gasteiger partial charge on any atom is -0.400 e. The molecule has 2 heterocycles. The van der Waals surface area contributed by atoms with Crippen LogP contribution in [0.3, 0.4) is 0 Å². The van der Waals surface area contributed by atoms with Crippen LogP contribution in [0.15, 0.2) is 24.5 Å². The number of aliphatic hydroxyl groups is 1. The number of hydrogen-bond acceptors (Lipinski definition) is 5. The number of benzene rings is 1. The lowest BCUT2D eigenvalue weighted by Crippen LogP contribution is -2.18. The van der Waals surface area contributed by atoms with Crippen molar-refractivity contribution in [3.63, 3.8) is 0 Å². The van der Waals surface area contributed by atoms with E-state index in [1.165, 1.54) is 31.9 Å². The second-order valence-electron chi connectivity index (χ2n) is 6.29. The Balaban J connectivity index is 0.000000880. The zero-order valence-corrected chi connectivity index (χ0v) is 15.1. The van der Waals surface area contributed by atoms with Gasteiger partial charge in [-0.1, -0.05) is 11.6 Å². The van der Waals surface area contributed by atoms with Crippen LogP contribution in [0.1, 0.15) is 37.3 Å². The molecule has 6 nitrogen and oxygen atoms in total. The average Bonchev–Trinajstić information content (AvgIpc) is 3.15. The van der Waals surface area contributed by atoms with E-state index in [2.05, 4.69) is 21.4 Å². The molecule has 7 heteroatoms. The Labute approximate surface area is 152 Å². The zero-order chi connectivity index (χ0) is 17.8. The number of aromatic nitrogens is 2. The van der Waals surface area contributed by atoms with Gasteiger partial charge < -0.3 is 20.7 Å². The minimum absolute atomic E-state index is 0.568. The molecule has 0 radical (unpaired) electrons. The van der Waals surface area contributed by atoms with Crippen molar-refractivity contribution in [3.05, 3.63) is 35.1 Å². The van der Waals surface area contributed by atoms with Crippen LogP contribution in [0.2, 0.25) is 5.02 Å². The lowest BCUT2D eigenvalue weighted by atomic mass is 10.1. The maximum absolute atomic E-state index is 7.65. The van der Waals surface area contributed by atoms with E-state index in [9.17, 15) is 0 Å². The first-order chi connectivity index (χ1) is 12.2. The highest BCUT2D eigenvalue weighted by atomic mass is 35.5. The summed E-state index contributed by atoms with van der Waals surface area (Å²) >= 11 is 6.43. The highest BCUT2D eigenvalue weighted by molar-refractivity contribution is 6.33. The third-order valence-corrected chi connectivity index (χ3v) is 4.83. The van der Waals surface area contributed by atoms with Crippen LogP contribution in [0.4, 0.5) is 17.1 Å². The standard InChI is InChI=1S/C17H20ClN5.CH4O/c18-15-7-12(9-19)16(8-17(15)22-5-1-2-6-22)21-13-10-20-23(11-13)14-3-4-14;1-2/h7-11,14,19,21H,1-6H2;2H,1H3. The van der Waals surface area contributed by atoms with Crippen molar-refractivity contribution in [2.45, 2.75) is 31.7 Å². The van der Waals surface area contributed by atoms with Gasteiger partial charge in [-0.25, -0.2) is 0 Å². The number of nitrogens with zero attached hydrogens (tertiary/aromatic N) is 3. The summed E-state index contributed by atoms with van der Waals surface area (Å²) in [5.74, 6) is 0. The van der Waals surface area contributed by atoms with Crippen LogP contribution in [0.25, 0.3) is 0 Å². The summed E-state index contributed by atoms with van der Waals surface area (Å²) < 4.78 is 2.02. The molecule has 4 rings (SSSR count). The SMILES string of the molecule is CO.N=Cc1cc(Cl)c(N2CCCC2)cc1Nc1cnn(C2CC2)c1. The van der Waals surface area contributed by atoms with E-state index in [0.717, 1.165) is 42.8 Å². The Morgan fingerprint density at radius 3 is 2.64 bits per heavy atom. The quantitative estimate of drug-likeness (QED) is 0.707. The summed E-state index contributed by atoms with van der Waals surface area (Å²) in [5.41, 5.74) is 3.69. The number of hydrogen-bond donors (Lipinski definition) is 3. The average molecular weight is 362 g/mol. The first kappa shape index (κ1) is 17.8. The predicted molar refractivity (Wildman–Crippen MR) is 103 cm³/mol. The van der Waals surface area contributed by atoms with Crippen molar-refractivity contribution >= 4 is 34.9 Å². The molecule has 2 aromatic rings. The summed E-state index contributed by atoms with van der Waals surface area (Å²) in [6.45, 7) is 2.09. The summed E-state index contributed by atoms with van der Waals surface area (Å²) in [6.07, 6.45) is 10.1. The molecule has 1 aliphatic carbocycles. The molecular formula is C18H24ClN5O. The largest absolute Gasteiger partial charge is 0.400 e. The Morgan fingerprint density at radius 1 is 1.28 bits per heavy atom. The van der Waals surface area contributed by atoms with E-state index in [-0.39, 0.29) is 0 Å². The molecule has 1 aromatic heterocycles. The smallest absolute Gasteiger partial charge is 0.0770 e. The molecule has 0 atom stereocenters. The lowest BCUT2D eigenvalue weighted by Gasteiger charge is -2.21. The first-order valence-electron chi connectivity index (χ1n) is 8.59. The molecule has 1 aliphatic heterocycles. The molecule has 2 aliphatic rings. The molecule has 3 N–H and O–H groups in total. The summed E-state index contributed by atoms with van der Waals surface area (Å²) in [5, 5.41) is 23.2. The van der Waals surface area contributed by atoms with E-state index in [1.54, 1.807) is 0 Å². The fourth-order valence-corrected chi connectivity index (χ4v) is 3.39. The van der Waals surface area contributed by atoms with Crippen molar-refractivity contribution in [2.75, 3.05) is 30.4 Å². The van der Waals surface area contributed by atoms with E-state index < -0.39 is 0 Å². The van der Waals surface area contributed by atoms with Crippen LogP contribution in [0, 0.1) is 5.41 Å². The molecule has 0 amide bonds. The van der Waals surface area contributed by atoms with Gasteiger partial charge in [0.2, 0.25) is 0 Å². The van der Waals surface area contributed by atoms with E-state index in [4.69, 9.17) is 22.1 Å². The molecule has 25 heavy (non-hydrogen) atoms. The third-order valence-electron chi connectivity index (χ3n) is 4.52. The number of anilines is 3. The van der Waals surface area contributed by atoms with Crippen LogP contribution in [-0.2, 0) is 0 Å². The summed E-state index contributed by atoms with van der Waals surface area (Å²) in [7, 11) is 1.00. The van der Waals surface area contributed by atoms with Crippen molar-refractivity contribution in [1.82, 2.24) is 9.78 Å². The normalized spacial score (nSPS) is 16.4. The van der Waals surface area contributed by atoms with Crippen LogP contribution < -0.4 is 10.2 Å². The maximum atomic E-state index is 7.65. The van der Waals surface area contributed by atoms with Gasteiger partial charge >= 0.3 is 0 Å².